The molecule has 6 nitrogen and oxygen atoms in total. The largest absolute Gasteiger partial charge is 0.383 e. The molecule has 22 heavy (non-hydrogen) atoms. The van der Waals surface area contributed by atoms with Crippen molar-refractivity contribution in [3.05, 3.63) is 48.3 Å². The van der Waals surface area contributed by atoms with Crippen molar-refractivity contribution < 1.29 is 4.74 Å². The van der Waals surface area contributed by atoms with Crippen molar-refractivity contribution in [2.24, 2.45) is 10.7 Å². The van der Waals surface area contributed by atoms with E-state index in [-0.39, 0.29) is 30.0 Å². The summed E-state index contributed by atoms with van der Waals surface area (Å²) in [6.45, 7) is 3.06. The lowest BCUT2D eigenvalue weighted by Crippen LogP contribution is -2.40. The van der Waals surface area contributed by atoms with Crippen LogP contribution in [0.5, 0.6) is 0 Å². The molecule has 120 valence electrons. The number of methoxy groups -OCH3 is 1. The second-order valence-electron chi connectivity index (χ2n) is 4.83. The molecule has 0 radical (unpaired) electrons. The van der Waals surface area contributed by atoms with Crippen LogP contribution in [0.3, 0.4) is 0 Å². The molecule has 0 spiro atoms. The number of aromatic nitrogens is 2. The summed E-state index contributed by atoms with van der Waals surface area (Å²) in [6, 6.07) is 10.1. The van der Waals surface area contributed by atoms with E-state index in [1.807, 2.05) is 48.1 Å². The standard InChI is InChI=1S/C15H21N5O.HI/c1-12(11-21-2)19-15(16)17-8-13-9-18-20(10-13)14-6-4-3-5-7-14;/h3-7,9-10,12H,8,11H2,1-2H3,(H3,16,17,19);1H. The number of nitrogens with zero attached hydrogens (tertiary/aromatic N) is 3. The van der Waals surface area contributed by atoms with Crippen LogP contribution in [-0.2, 0) is 11.3 Å². The maximum Gasteiger partial charge on any atom is 0.189 e. The maximum atomic E-state index is 5.83. The van der Waals surface area contributed by atoms with E-state index in [1.165, 1.54) is 0 Å². The van der Waals surface area contributed by atoms with Gasteiger partial charge in [0, 0.05) is 24.9 Å². The molecular formula is C15H22IN5O. The molecule has 0 saturated heterocycles. The van der Waals surface area contributed by atoms with E-state index in [4.69, 9.17) is 10.5 Å². The summed E-state index contributed by atoms with van der Waals surface area (Å²) in [5.41, 5.74) is 7.85. The van der Waals surface area contributed by atoms with Crippen LogP contribution in [0.25, 0.3) is 5.69 Å². The summed E-state index contributed by atoms with van der Waals surface area (Å²) in [5, 5.41) is 7.39. The SMILES string of the molecule is COCC(C)NC(N)=NCc1cnn(-c2ccccc2)c1.I. The Morgan fingerprint density at radius 1 is 1.41 bits per heavy atom. The van der Waals surface area contributed by atoms with Gasteiger partial charge in [-0.15, -0.1) is 24.0 Å². The number of benzene rings is 1. The van der Waals surface area contributed by atoms with Gasteiger partial charge in [-0.3, -0.25) is 0 Å². The van der Waals surface area contributed by atoms with E-state index in [0.717, 1.165) is 11.3 Å². The van der Waals surface area contributed by atoms with Crippen LogP contribution in [0.15, 0.2) is 47.7 Å². The van der Waals surface area contributed by atoms with Crippen molar-refractivity contribution >= 4 is 29.9 Å². The number of guanidine groups is 1. The zero-order valence-electron chi connectivity index (χ0n) is 12.8. The molecule has 7 heteroatoms. The van der Waals surface area contributed by atoms with Crippen LogP contribution in [-0.4, -0.2) is 35.5 Å². The fourth-order valence-electron chi connectivity index (χ4n) is 1.93. The van der Waals surface area contributed by atoms with Crippen molar-refractivity contribution in [1.29, 1.82) is 0 Å². The summed E-state index contributed by atoms with van der Waals surface area (Å²) in [4.78, 5) is 4.30. The summed E-state index contributed by atoms with van der Waals surface area (Å²) in [5.74, 6) is 0.409. The Labute approximate surface area is 147 Å². The first-order valence-corrected chi connectivity index (χ1v) is 6.83. The Kier molecular flexibility index (Phi) is 7.89. The molecule has 0 saturated carbocycles. The van der Waals surface area contributed by atoms with Crippen molar-refractivity contribution in [1.82, 2.24) is 15.1 Å². The van der Waals surface area contributed by atoms with Gasteiger partial charge in [-0.2, -0.15) is 5.10 Å². The Hall–Kier alpha value is -1.61. The van der Waals surface area contributed by atoms with Crippen molar-refractivity contribution in [3.63, 3.8) is 0 Å². The van der Waals surface area contributed by atoms with Crippen LogP contribution in [0.4, 0.5) is 0 Å². The summed E-state index contributed by atoms with van der Waals surface area (Å²) < 4.78 is 6.85. The van der Waals surface area contributed by atoms with Crippen LogP contribution in [0.2, 0.25) is 0 Å². The van der Waals surface area contributed by atoms with Crippen LogP contribution < -0.4 is 11.1 Å². The van der Waals surface area contributed by atoms with Crippen molar-refractivity contribution in [2.75, 3.05) is 13.7 Å². The molecule has 3 N–H and O–H groups in total. The van der Waals surface area contributed by atoms with Crippen LogP contribution in [0.1, 0.15) is 12.5 Å². The van der Waals surface area contributed by atoms with E-state index in [9.17, 15) is 0 Å². The third kappa shape index (κ3) is 5.64. The van der Waals surface area contributed by atoms with Gasteiger partial charge in [0.2, 0.25) is 0 Å². The number of ether oxygens (including phenoxy) is 1. The number of halogens is 1. The Morgan fingerprint density at radius 3 is 2.82 bits per heavy atom. The highest BCUT2D eigenvalue weighted by Gasteiger charge is 2.03. The number of nitrogens with one attached hydrogen (secondary N) is 1. The minimum atomic E-state index is 0. The molecule has 0 aliphatic rings. The predicted octanol–water partition coefficient (Wildman–Crippen LogP) is 1.93. The average Bonchev–Trinajstić information content (AvgIpc) is 2.95. The van der Waals surface area contributed by atoms with Crippen molar-refractivity contribution in [3.8, 4) is 5.69 Å². The summed E-state index contributed by atoms with van der Waals surface area (Å²) in [7, 11) is 1.66. The molecular weight excluding hydrogens is 393 g/mol. The third-order valence-corrected chi connectivity index (χ3v) is 2.90. The molecule has 1 heterocycles. The topological polar surface area (TPSA) is 77.5 Å². The molecule has 0 bridgehead atoms. The fourth-order valence-corrected chi connectivity index (χ4v) is 1.93. The molecule has 1 aromatic heterocycles. The predicted molar refractivity (Wildman–Crippen MR) is 98.8 cm³/mol. The highest BCUT2D eigenvalue weighted by atomic mass is 127. The zero-order valence-corrected chi connectivity index (χ0v) is 15.1. The molecule has 2 rings (SSSR count). The lowest BCUT2D eigenvalue weighted by atomic mass is 10.3. The fraction of sp³-hybridized carbons (Fsp3) is 0.333. The molecule has 0 fully saturated rings. The van der Waals surface area contributed by atoms with Crippen LogP contribution in [0, 0.1) is 0 Å². The molecule has 2 aromatic rings. The molecule has 1 unspecified atom stereocenters. The van der Waals surface area contributed by atoms with E-state index in [2.05, 4.69) is 15.4 Å². The zero-order chi connectivity index (χ0) is 15.1. The minimum Gasteiger partial charge on any atom is -0.383 e. The third-order valence-electron chi connectivity index (χ3n) is 2.90. The normalized spacial score (nSPS) is 12.5. The molecule has 0 aliphatic carbocycles. The van der Waals surface area contributed by atoms with Gasteiger partial charge in [-0.1, -0.05) is 18.2 Å². The van der Waals surface area contributed by atoms with E-state index < -0.39 is 0 Å². The molecule has 1 aromatic carbocycles. The molecule has 1 atom stereocenters. The highest BCUT2D eigenvalue weighted by molar-refractivity contribution is 14.0. The first-order valence-electron chi connectivity index (χ1n) is 6.83. The number of hydrogen-bond acceptors (Lipinski definition) is 3. The van der Waals surface area contributed by atoms with E-state index in [1.54, 1.807) is 13.3 Å². The number of aliphatic imine (C=N–C) groups is 1. The van der Waals surface area contributed by atoms with Gasteiger partial charge < -0.3 is 15.8 Å². The van der Waals surface area contributed by atoms with Gasteiger partial charge in [0.25, 0.3) is 0 Å². The Bertz CT molecular complexity index is 585. The number of hydrogen-bond donors (Lipinski definition) is 2. The number of para-hydroxylation sites is 1. The minimum absolute atomic E-state index is 0. The first kappa shape index (κ1) is 18.4. The first-order chi connectivity index (χ1) is 10.2. The van der Waals surface area contributed by atoms with Gasteiger partial charge in [0.1, 0.15) is 0 Å². The molecule has 0 aliphatic heterocycles. The second-order valence-corrected chi connectivity index (χ2v) is 4.83. The van der Waals surface area contributed by atoms with Crippen LogP contribution >= 0.6 is 24.0 Å². The lowest BCUT2D eigenvalue weighted by molar-refractivity contribution is 0.179. The van der Waals surface area contributed by atoms with Crippen molar-refractivity contribution in [2.45, 2.75) is 19.5 Å². The smallest absolute Gasteiger partial charge is 0.189 e. The van der Waals surface area contributed by atoms with E-state index in [0.29, 0.717) is 19.1 Å². The van der Waals surface area contributed by atoms with Gasteiger partial charge >= 0.3 is 0 Å². The summed E-state index contributed by atoms with van der Waals surface area (Å²) >= 11 is 0. The monoisotopic (exact) mass is 415 g/mol. The molecule has 0 amide bonds. The average molecular weight is 415 g/mol. The number of nitrogens with two attached hydrogens (primary N) is 1. The number of rotatable bonds is 6. The Balaban J connectivity index is 0.00000242. The Morgan fingerprint density at radius 2 is 2.14 bits per heavy atom. The second kappa shape index (κ2) is 9.42. The van der Waals surface area contributed by atoms with Gasteiger partial charge in [-0.25, -0.2) is 9.67 Å². The quantitative estimate of drug-likeness (QED) is 0.430. The van der Waals surface area contributed by atoms with E-state index >= 15 is 0 Å². The van der Waals surface area contributed by atoms with Gasteiger partial charge in [0.05, 0.1) is 25.0 Å². The summed E-state index contributed by atoms with van der Waals surface area (Å²) in [6.07, 6.45) is 3.74. The van der Waals surface area contributed by atoms with Gasteiger partial charge in [-0.05, 0) is 19.1 Å². The highest BCUT2D eigenvalue weighted by Crippen LogP contribution is 2.08. The maximum absolute atomic E-state index is 5.83. The van der Waals surface area contributed by atoms with Gasteiger partial charge in [0.15, 0.2) is 5.96 Å². The lowest BCUT2D eigenvalue weighted by Gasteiger charge is -2.12.